The summed E-state index contributed by atoms with van der Waals surface area (Å²) < 4.78 is 12.9. The molecule has 1 heterocycles. The Morgan fingerprint density at radius 2 is 1.39 bits per heavy atom. The molecule has 41 heavy (non-hydrogen) atoms. The van der Waals surface area contributed by atoms with Crippen molar-refractivity contribution in [3.05, 3.63) is 107 Å². The third kappa shape index (κ3) is 7.29. The van der Waals surface area contributed by atoms with Gasteiger partial charge in [-0.3, -0.25) is 9.56 Å². The van der Waals surface area contributed by atoms with Crippen LogP contribution in [-0.2, 0) is 20.7 Å². The van der Waals surface area contributed by atoms with Gasteiger partial charge in [-0.05, 0) is 59.2 Å². The molecule has 210 valence electrons. The SMILES string of the molecule is CC(C)(C)OC(=O)[C@H](Cc1cn(C(=O)OC(C)(C)C)c2cccc(C#N)c12)N=C(c1ccccc1)c1ccccc1. The number of carbonyl (C=O) groups excluding carboxylic acids is 2. The van der Waals surface area contributed by atoms with E-state index in [0.717, 1.165) is 11.1 Å². The van der Waals surface area contributed by atoms with Gasteiger partial charge < -0.3 is 9.47 Å². The first-order chi connectivity index (χ1) is 19.4. The number of aromatic nitrogens is 1. The summed E-state index contributed by atoms with van der Waals surface area (Å²) in [7, 11) is 0. The number of hydrogen-bond donors (Lipinski definition) is 0. The van der Waals surface area contributed by atoms with Crippen molar-refractivity contribution >= 4 is 28.7 Å². The van der Waals surface area contributed by atoms with Gasteiger partial charge in [0.15, 0.2) is 6.04 Å². The Hall–Kier alpha value is -4.70. The van der Waals surface area contributed by atoms with Gasteiger partial charge in [0.1, 0.15) is 11.2 Å². The van der Waals surface area contributed by atoms with Crippen LogP contribution < -0.4 is 0 Å². The minimum Gasteiger partial charge on any atom is -0.458 e. The molecular formula is C34H35N3O4. The average molecular weight is 550 g/mol. The molecule has 4 rings (SSSR count). The van der Waals surface area contributed by atoms with Crippen molar-refractivity contribution in [1.29, 1.82) is 5.26 Å². The fourth-order valence-corrected chi connectivity index (χ4v) is 4.50. The van der Waals surface area contributed by atoms with E-state index in [4.69, 9.17) is 14.5 Å². The Labute approximate surface area is 241 Å². The summed E-state index contributed by atoms with van der Waals surface area (Å²) in [6.45, 7) is 10.8. The first kappa shape index (κ1) is 29.3. The van der Waals surface area contributed by atoms with E-state index >= 15 is 0 Å². The van der Waals surface area contributed by atoms with Crippen LogP contribution in [-0.4, -0.2) is 39.6 Å². The molecular weight excluding hydrogens is 514 g/mol. The summed E-state index contributed by atoms with van der Waals surface area (Å²) in [6, 6.07) is 25.7. The third-order valence-corrected chi connectivity index (χ3v) is 6.09. The molecule has 0 fully saturated rings. The predicted molar refractivity (Wildman–Crippen MR) is 160 cm³/mol. The van der Waals surface area contributed by atoms with Gasteiger partial charge >= 0.3 is 12.1 Å². The van der Waals surface area contributed by atoms with E-state index in [2.05, 4.69) is 6.07 Å². The highest BCUT2D eigenvalue weighted by atomic mass is 16.6. The molecule has 0 aliphatic carbocycles. The van der Waals surface area contributed by atoms with Crippen LogP contribution in [0.15, 0.2) is 90.1 Å². The summed E-state index contributed by atoms with van der Waals surface area (Å²) in [5.74, 6) is -0.505. The zero-order valence-corrected chi connectivity index (χ0v) is 24.3. The number of esters is 1. The largest absolute Gasteiger partial charge is 0.458 e. The molecule has 0 N–H and O–H groups in total. The molecule has 7 heteroatoms. The summed E-state index contributed by atoms with van der Waals surface area (Å²) in [5, 5.41) is 10.5. The van der Waals surface area contributed by atoms with Gasteiger partial charge in [0.25, 0.3) is 0 Å². The van der Waals surface area contributed by atoms with E-state index in [9.17, 15) is 14.9 Å². The first-order valence-corrected chi connectivity index (χ1v) is 13.5. The van der Waals surface area contributed by atoms with E-state index in [0.29, 0.717) is 27.7 Å². The Bertz CT molecular complexity index is 1570. The summed E-state index contributed by atoms with van der Waals surface area (Å²) in [4.78, 5) is 31.9. The zero-order chi connectivity index (χ0) is 29.8. The second-order valence-corrected chi connectivity index (χ2v) is 11.8. The number of benzene rings is 3. The molecule has 1 atom stereocenters. The minimum absolute atomic E-state index is 0.100. The fraction of sp³-hybridized carbons (Fsp3) is 0.294. The van der Waals surface area contributed by atoms with Gasteiger partial charge in [-0.15, -0.1) is 0 Å². The van der Waals surface area contributed by atoms with Crippen molar-refractivity contribution < 1.29 is 19.1 Å². The highest BCUT2D eigenvalue weighted by Gasteiger charge is 2.29. The highest BCUT2D eigenvalue weighted by Crippen LogP contribution is 2.29. The lowest BCUT2D eigenvalue weighted by atomic mass is 9.99. The van der Waals surface area contributed by atoms with Crippen molar-refractivity contribution in [2.75, 3.05) is 0 Å². The van der Waals surface area contributed by atoms with Crippen LogP contribution in [0.1, 0.15) is 63.8 Å². The van der Waals surface area contributed by atoms with E-state index < -0.39 is 29.3 Å². The van der Waals surface area contributed by atoms with Gasteiger partial charge in [-0.1, -0.05) is 66.7 Å². The van der Waals surface area contributed by atoms with Crippen LogP contribution in [0.3, 0.4) is 0 Å². The number of nitrogens with zero attached hydrogens (tertiary/aromatic N) is 3. The molecule has 0 saturated heterocycles. The van der Waals surface area contributed by atoms with Gasteiger partial charge in [-0.2, -0.15) is 5.26 Å². The minimum atomic E-state index is -0.964. The van der Waals surface area contributed by atoms with Gasteiger partial charge in [-0.25, -0.2) is 9.59 Å². The molecule has 0 bridgehead atoms. The topological polar surface area (TPSA) is 93.7 Å². The van der Waals surface area contributed by atoms with E-state index in [1.807, 2.05) is 81.4 Å². The summed E-state index contributed by atoms with van der Waals surface area (Å²) in [6.07, 6.45) is 1.16. The van der Waals surface area contributed by atoms with Crippen LogP contribution in [0, 0.1) is 11.3 Å². The lowest BCUT2D eigenvalue weighted by molar-refractivity contribution is -0.156. The average Bonchev–Trinajstić information content (AvgIpc) is 3.29. The zero-order valence-electron chi connectivity index (χ0n) is 24.3. The van der Waals surface area contributed by atoms with Crippen molar-refractivity contribution in [3.63, 3.8) is 0 Å². The molecule has 0 saturated carbocycles. The van der Waals surface area contributed by atoms with Crippen LogP contribution in [0.5, 0.6) is 0 Å². The number of hydrogen-bond acceptors (Lipinski definition) is 6. The first-order valence-electron chi connectivity index (χ1n) is 13.5. The maximum absolute atomic E-state index is 13.7. The van der Waals surface area contributed by atoms with Crippen molar-refractivity contribution in [3.8, 4) is 6.07 Å². The molecule has 0 unspecified atom stereocenters. The van der Waals surface area contributed by atoms with Crippen LogP contribution in [0.25, 0.3) is 10.9 Å². The molecule has 3 aromatic carbocycles. The maximum Gasteiger partial charge on any atom is 0.419 e. The molecule has 4 aromatic rings. The second-order valence-electron chi connectivity index (χ2n) is 11.8. The molecule has 0 amide bonds. The summed E-state index contributed by atoms with van der Waals surface area (Å²) >= 11 is 0. The normalized spacial score (nSPS) is 12.3. The highest BCUT2D eigenvalue weighted by molar-refractivity contribution is 6.13. The van der Waals surface area contributed by atoms with Crippen molar-refractivity contribution in [2.24, 2.45) is 4.99 Å². The van der Waals surface area contributed by atoms with E-state index in [-0.39, 0.29) is 6.42 Å². The summed E-state index contributed by atoms with van der Waals surface area (Å²) in [5.41, 5.74) is 2.39. The van der Waals surface area contributed by atoms with Crippen LogP contribution >= 0.6 is 0 Å². The standard InChI is InChI=1S/C34H35N3O4/c1-33(2,3)40-31(38)27(36-30(23-14-9-7-10-15-23)24-16-11-8-12-17-24)20-26-22-37(32(39)41-34(4,5)6)28-19-13-18-25(21-35)29(26)28/h7-19,22,27H,20H2,1-6H3/t27-/m0/s1. The Balaban J connectivity index is 1.90. The Kier molecular flexibility index (Phi) is 8.44. The van der Waals surface area contributed by atoms with E-state index in [1.165, 1.54) is 4.57 Å². The van der Waals surface area contributed by atoms with Crippen LogP contribution in [0.4, 0.5) is 4.79 Å². The lowest BCUT2D eigenvalue weighted by Gasteiger charge is -2.23. The number of fused-ring (bicyclic) bond motifs is 1. The number of ether oxygens (including phenoxy) is 2. The molecule has 0 radical (unpaired) electrons. The predicted octanol–water partition coefficient (Wildman–Crippen LogP) is 7.09. The smallest absolute Gasteiger partial charge is 0.419 e. The van der Waals surface area contributed by atoms with Crippen LogP contribution in [0.2, 0.25) is 0 Å². The number of aliphatic imine (C=N–C) groups is 1. The Morgan fingerprint density at radius 3 is 1.90 bits per heavy atom. The van der Waals surface area contributed by atoms with Gasteiger partial charge in [0.05, 0.1) is 22.9 Å². The monoisotopic (exact) mass is 549 g/mol. The van der Waals surface area contributed by atoms with Gasteiger partial charge in [0, 0.05) is 29.1 Å². The molecule has 0 spiro atoms. The number of rotatable bonds is 6. The molecule has 0 aliphatic rings. The Morgan fingerprint density at radius 1 is 0.829 bits per heavy atom. The quantitative estimate of drug-likeness (QED) is 0.189. The van der Waals surface area contributed by atoms with E-state index in [1.54, 1.807) is 45.2 Å². The third-order valence-electron chi connectivity index (χ3n) is 6.09. The fourth-order valence-electron chi connectivity index (χ4n) is 4.50. The molecule has 7 nitrogen and oxygen atoms in total. The molecule has 0 aliphatic heterocycles. The van der Waals surface area contributed by atoms with Crippen molar-refractivity contribution in [1.82, 2.24) is 4.57 Å². The van der Waals surface area contributed by atoms with Gasteiger partial charge in [0.2, 0.25) is 0 Å². The second kappa shape index (κ2) is 11.8. The molecule has 1 aromatic heterocycles. The lowest BCUT2D eigenvalue weighted by Crippen LogP contribution is -2.33. The number of nitriles is 1. The van der Waals surface area contributed by atoms with Crippen molar-refractivity contribution in [2.45, 2.75) is 65.2 Å². The maximum atomic E-state index is 13.7. The number of carbonyl (C=O) groups is 2.